The molecule has 2 saturated heterocycles. The van der Waals surface area contributed by atoms with Crippen molar-refractivity contribution in [1.29, 1.82) is 0 Å². The monoisotopic (exact) mass is 247 g/mol. The lowest BCUT2D eigenvalue weighted by Gasteiger charge is -2.34. The van der Waals surface area contributed by atoms with E-state index in [9.17, 15) is 4.79 Å². The number of rotatable bonds is 3. The van der Waals surface area contributed by atoms with E-state index in [2.05, 4.69) is 17.1 Å². The molecule has 1 N–H and O–H groups in total. The molecule has 0 spiro atoms. The Hall–Kier alpha value is -0.320. The zero-order valence-electron chi connectivity index (χ0n) is 9.95. The van der Waals surface area contributed by atoms with Gasteiger partial charge in [-0.1, -0.05) is 0 Å². The van der Waals surface area contributed by atoms with Crippen LogP contribution in [0.2, 0.25) is 0 Å². The quantitative estimate of drug-likeness (QED) is 0.781. The Balaban J connectivity index is 0.00000128. The van der Waals surface area contributed by atoms with Gasteiger partial charge in [0.25, 0.3) is 0 Å². The summed E-state index contributed by atoms with van der Waals surface area (Å²) in [6, 6.07) is 0.608. The number of nitrogens with one attached hydrogen (secondary N) is 1. The molecule has 0 radical (unpaired) electrons. The summed E-state index contributed by atoms with van der Waals surface area (Å²) in [5.74, 6) is 0.345. The maximum absolute atomic E-state index is 11.4. The van der Waals surface area contributed by atoms with Crippen LogP contribution in [0.4, 0.5) is 0 Å². The largest absolute Gasteiger partial charge is 0.341 e. The van der Waals surface area contributed by atoms with E-state index in [-0.39, 0.29) is 12.4 Å². The Bertz CT molecular complexity index is 237. The van der Waals surface area contributed by atoms with Crippen LogP contribution in [-0.2, 0) is 4.79 Å². The van der Waals surface area contributed by atoms with Crippen molar-refractivity contribution >= 4 is 18.3 Å². The van der Waals surface area contributed by atoms with Gasteiger partial charge in [-0.2, -0.15) is 0 Å². The summed E-state index contributed by atoms with van der Waals surface area (Å²) < 4.78 is 0. The first-order valence-corrected chi connectivity index (χ1v) is 6.00. The maximum Gasteiger partial charge on any atom is 0.222 e. The lowest BCUT2D eigenvalue weighted by Crippen LogP contribution is -2.51. The predicted octanol–water partition coefficient (Wildman–Crippen LogP) is 0.324. The third-order valence-electron chi connectivity index (χ3n) is 3.47. The van der Waals surface area contributed by atoms with Crippen LogP contribution < -0.4 is 5.32 Å². The van der Waals surface area contributed by atoms with Crippen molar-refractivity contribution in [2.24, 2.45) is 0 Å². The normalized spacial score (nSPS) is 26.9. The molecular weight excluding hydrogens is 226 g/mol. The lowest BCUT2D eigenvalue weighted by molar-refractivity contribution is -0.127. The van der Waals surface area contributed by atoms with Gasteiger partial charge in [0.1, 0.15) is 0 Å². The van der Waals surface area contributed by atoms with E-state index < -0.39 is 0 Å². The van der Waals surface area contributed by atoms with Crippen LogP contribution in [0.3, 0.4) is 0 Å². The Morgan fingerprint density at radius 3 is 2.81 bits per heavy atom. The summed E-state index contributed by atoms with van der Waals surface area (Å²) in [7, 11) is 0. The number of carbonyl (C=O) groups is 1. The van der Waals surface area contributed by atoms with Gasteiger partial charge in [-0.25, -0.2) is 0 Å². The van der Waals surface area contributed by atoms with Gasteiger partial charge in [0.2, 0.25) is 5.91 Å². The van der Waals surface area contributed by atoms with Gasteiger partial charge >= 0.3 is 0 Å². The minimum absolute atomic E-state index is 0. The van der Waals surface area contributed by atoms with Gasteiger partial charge in [0, 0.05) is 51.7 Å². The molecule has 2 fully saturated rings. The summed E-state index contributed by atoms with van der Waals surface area (Å²) in [5.41, 5.74) is 0. The maximum atomic E-state index is 11.4. The average molecular weight is 248 g/mol. The van der Waals surface area contributed by atoms with Crippen molar-refractivity contribution in [1.82, 2.24) is 15.1 Å². The first kappa shape index (κ1) is 13.7. The number of nitrogens with zero attached hydrogens (tertiary/aromatic N) is 2. The van der Waals surface area contributed by atoms with Gasteiger partial charge in [0.15, 0.2) is 0 Å². The predicted molar refractivity (Wildman–Crippen MR) is 67.0 cm³/mol. The van der Waals surface area contributed by atoms with Crippen molar-refractivity contribution in [3.63, 3.8) is 0 Å². The summed E-state index contributed by atoms with van der Waals surface area (Å²) in [6.45, 7) is 8.45. The van der Waals surface area contributed by atoms with Gasteiger partial charge in [-0.15, -0.1) is 12.4 Å². The van der Waals surface area contributed by atoms with E-state index in [0.29, 0.717) is 11.9 Å². The fourth-order valence-corrected chi connectivity index (χ4v) is 2.40. The molecule has 2 rings (SSSR count). The highest BCUT2D eigenvalue weighted by Crippen LogP contribution is 2.10. The van der Waals surface area contributed by atoms with Gasteiger partial charge in [-0.05, 0) is 13.3 Å². The molecule has 2 heterocycles. The molecule has 0 aromatic rings. The van der Waals surface area contributed by atoms with Crippen molar-refractivity contribution in [2.75, 3.05) is 39.3 Å². The Labute approximate surface area is 104 Å². The van der Waals surface area contributed by atoms with Crippen molar-refractivity contribution in [3.05, 3.63) is 0 Å². The second-order valence-corrected chi connectivity index (χ2v) is 4.57. The minimum Gasteiger partial charge on any atom is -0.341 e. The highest BCUT2D eigenvalue weighted by atomic mass is 35.5. The van der Waals surface area contributed by atoms with E-state index in [1.807, 2.05) is 4.90 Å². The number of hydrogen-bond donors (Lipinski definition) is 1. The minimum atomic E-state index is 0. The summed E-state index contributed by atoms with van der Waals surface area (Å²) in [5, 5.41) is 3.38. The first-order chi connectivity index (χ1) is 7.27. The second kappa shape index (κ2) is 6.42. The number of hydrogen-bond acceptors (Lipinski definition) is 3. The van der Waals surface area contributed by atoms with Gasteiger partial charge in [0.05, 0.1) is 0 Å². The second-order valence-electron chi connectivity index (χ2n) is 4.57. The number of carbonyl (C=O) groups excluding carboxylic acids is 1. The number of piperazine rings is 1. The van der Waals surface area contributed by atoms with Gasteiger partial charge in [-0.3, -0.25) is 9.69 Å². The van der Waals surface area contributed by atoms with E-state index in [1.54, 1.807) is 0 Å². The van der Waals surface area contributed by atoms with E-state index in [1.165, 1.54) is 0 Å². The Morgan fingerprint density at radius 1 is 1.38 bits per heavy atom. The van der Waals surface area contributed by atoms with Gasteiger partial charge < -0.3 is 10.2 Å². The van der Waals surface area contributed by atoms with Crippen LogP contribution in [0.5, 0.6) is 0 Å². The van der Waals surface area contributed by atoms with Crippen LogP contribution in [0, 0.1) is 0 Å². The summed E-state index contributed by atoms with van der Waals surface area (Å²) >= 11 is 0. The average Bonchev–Trinajstić information content (AvgIpc) is 2.63. The van der Waals surface area contributed by atoms with Crippen LogP contribution in [0.25, 0.3) is 0 Å². The first-order valence-electron chi connectivity index (χ1n) is 6.00. The molecule has 4 nitrogen and oxygen atoms in total. The molecule has 0 aliphatic carbocycles. The van der Waals surface area contributed by atoms with Crippen LogP contribution >= 0.6 is 12.4 Å². The highest BCUT2D eigenvalue weighted by molar-refractivity contribution is 5.85. The number of halogens is 1. The molecule has 1 atom stereocenters. The molecule has 2 aliphatic heterocycles. The van der Waals surface area contributed by atoms with Crippen molar-refractivity contribution in [3.8, 4) is 0 Å². The van der Waals surface area contributed by atoms with E-state index >= 15 is 0 Å². The lowest BCUT2D eigenvalue weighted by atomic mass is 10.2. The van der Waals surface area contributed by atoms with E-state index in [0.717, 1.165) is 52.1 Å². The highest BCUT2D eigenvalue weighted by Gasteiger charge is 2.22. The van der Waals surface area contributed by atoms with Crippen LogP contribution in [0.1, 0.15) is 19.8 Å². The molecule has 0 unspecified atom stereocenters. The zero-order valence-corrected chi connectivity index (χ0v) is 10.8. The smallest absolute Gasteiger partial charge is 0.222 e. The Kier molecular flexibility index (Phi) is 5.52. The zero-order chi connectivity index (χ0) is 10.7. The molecule has 0 aromatic heterocycles. The molecule has 0 aromatic carbocycles. The molecule has 0 saturated carbocycles. The van der Waals surface area contributed by atoms with Crippen LogP contribution in [-0.4, -0.2) is 61.0 Å². The van der Waals surface area contributed by atoms with Crippen molar-refractivity contribution in [2.45, 2.75) is 25.8 Å². The Morgan fingerprint density at radius 2 is 2.19 bits per heavy atom. The third kappa shape index (κ3) is 3.34. The molecule has 2 aliphatic rings. The molecule has 94 valence electrons. The SMILES string of the molecule is C[C@H]1CNCCN1CCN1CCCC1=O.Cl. The van der Waals surface area contributed by atoms with Crippen LogP contribution in [0.15, 0.2) is 0 Å². The molecule has 1 amide bonds. The topological polar surface area (TPSA) is 35.6 Å². The summed E-state index contributed by atoms with van der Waals surface area (Å²) in [4.78, 5) is 15.9. The molecule has 0 bridgehead atoms. The summed E-state index contributed by atoms with van der Waals surface area (Å²) in [6.07, 6.45) is 1.81. The third-order valence-corrected chi connectivity index (χ3v) is 3.47. The molecule has 16 heavy (non-hydrogen) atoms. The standard InChI is InChI=1S/C11H21N3O.ClH/c1-10-9-12-4-6-13(10)7-8-14-5-2-3-11(14)15;/h10,12H,2-9H2,1H3;1H/t10-;/m0./s1. The number of likely N-dealkylation sites (tertiary alicyclic amines) is 1. The molecular formula is C11H22ClN3O. The fraction of sp³-hybridized carbons (Fsp3) is 0.909. The number of amides is 1. The van der Waals surface area contributed by atoms with Crippen molar-refractivity contribution < 1.29 is 4.79 Å². The molecule has 5 heteroatoms. The van der Waals surface area contributed by atoms with E-state index in [4.69, 9.17) is 0 Å². The fourth-order valence-electron chi connectivity index (χ4n) is 2.40.